The molecule has 0 radical (unpaired) electrons. The minimum atomic E-state index is -0.643. The first kappa shape index (κ1) is 6.41. The van der Waals surface area contributed by atoms with Crippen LogP contribution in [0, 0.1) is 5.95 Å². The summed E-state index contributed by atoms with van der Waals surface area (Å²) in [5, 5.41) is 0. The Morgan fingerprint density at radius 2 is 2.33 bits per heavy atom. The predicted octanol–water partition coefficient (Wildman–Crippen LogP) is 0.960. The molecule has 1 rings (SSSR count). The molecule has 0 aliphatic rings. The molecule has 0 saturated carbocycles. The van der Waals surface area contributed by atoms with E-state index < -0.39 is 5.95 Å². The summed E-state index contributed by atoms with van der Waals surface area (Å²) in [6.45, 7) is 0. The van der Waals surface area contributed by atoms with E-state index in [4.69, 9.17) is 5.73 Å². The van der Waals surface area contributed by atoms with Crippen molar-refractivity contribution in [1.82, 2.24) is 9.97 Å². The van der Waals surface area contributed by atoms with Crippen molar-refractivity contribution < 1.29 is 4.39 Å². The van der Waals surface area contributed by atoms with E-state index in [1.54, 1.807) is 0 Å². The van der Waals surface area contributed by atoms with E-state index in [0.717, 1.165) is 6.20 Å². The molecule has 1 heterocycles. The number of anilines is 1. The van der Waals surface area contributed by atoms with Gasteiger partial charge in [-0.15, -0.1) is 0 Å². The number of nitrogens with two attached hydrogens (primary N) is 1. The van der Waals surface area contributed by atoms with Crippen molar-refractivity contribution in [2.75, 3.05) is 5.73 Å². The summed E-state index contributed by atoms with van der Waals surface area (Å²) in [4.78, 5) is 6.81. The van der Waals surface area contributed by atoms with Crippen molar-refractivity contribution in [3.63, 3.8) is 0 Å². The van der Waals surface area contributed by atoms with E-state index in [-0.39, 0.29) is 10.4 Å². The van der Waals surface area contributed by atoms with Gasteiger partial charge < -0.3 is 5.73 Å². The second kappa shape index (κ2) is 2.26. The molecule has 0 spiro atoms. The van der Waals surface area contributed by atoms with Crippen molar-refractivity contribution >= 4 is 21.7 Å². The number of hydrogen-bond acceptors (Lipinski definition) is 3. The minimum absolute atomic E-state index is 0.191. The molecule has 0 aliphatic heterocycles. The number of hydrogen-bond donors (Lipinski definition) is 1. The second-order valence-electron chi connectivity index (χ2n) is 1.37. The van der Waals surface area contributed by atoms with Gasteiger partial charge in [0.25, 0.3) is 0 Å². The summed E-state index contributed by atoms with van der Waals surface area (Å²) in [7, 11) is 0. The van der Waals surface area contributed by atoms with Gasteiger partial charge in [-0.05, 0) is 15.9 Å². The largest absolute Gasteiger partial charge is 0.381 e. The fourth-order valence-corrected chi connectivity index (χ4v) is 0.628. The molecular weight excluding hydrogens is 189 g/mol. The van der Waals surface area contributed by atoms with Crippen LogP contribution in [0.5, 0.6) is 0 Å². The lowest BCUT2D eigenvalue weighted by molar-refractivity contribution is 0.574. The predicted molar refractivity (Wildman–Crippen MR) is 34.1 cm³/mol. The molecule has 1 aromatic rings. The SMILES string of the molecule is Nc1ncc(F)nc1Br. The average molecular weight is 192 g/mol. The van der Waals surface area contributed by atoms with E-state index in [2.05, 4.69) is 25.9 Å². The summed E-state index contributed by atoms with van der Waals surface area (Å²) in [6, 6.07) is 0. The molecular formula is C4H3BrFN3. The Bertz CT molecular complexity index is 227. The summed E-state index contributed by atoms with van der Waals surface area (Å²) >= 11 is 2.91. The van der Waals surface area contributed by atoms with Crippen LogP contribution in [-0.2, 0) is 0 Å². The monoisotopic (exact) mass is 191 g/mol. The molecule has 0 amide bonds. The Hall–Kier alpha value is -0.710. The Balaban J connectivity index is 3.17. The van der Waals surface area contributed by atoms with Crippen LogP contribution in [-0.4, -0.2) is 9.97 Å². The summed E-state index contributed by atoms with van der Waals surface area (Å²) in [5.41, 5.74) is 5.20. The zero-order valence-corrected chi connectivity index (χ0v) is 5.89. The molecule has 0 saturated heterocycles. The molecule has 5 heteroatoms. The maximum absolute atomic E-state index is 12.1. The maximum Gasteiger partial charge on any atom is 0.232 e. The molecule has 0 bridgehead atoms. The smallest absolute Gasteiger partial charge is 0.232 e. The molecule has 2 N–H and O–H groups in total. The van der Waals surface area contributed by atoms with Crippen LogP contribution in [0.25, 0.3) is 0 Å². The van der Waals surface area contributed by atoms with E-state index in [1.807, 2.05) is 0 Å². The van der Waals surface area contributed by atoms with Gasteiger partial charge >= 0.3 is 0 Å². The van der Waals surface area contributed by atoms with Gasteiger partial charge in [0.05, 0.1) is 6.20 Å². The van der Waals surface area contributed by atoms with E-state index in [0.29, 0.717) is 0 Å². The molecule has 0 fully saturated rings. The van der Waals surface area contributed by atoms with Gasteiger partial charge in [-0.2, -0.15) is 4.39 Å². The third kappa shape index (κ3) is 1.35. The molecule has 0 atom stereocenters. The van der Waals surface area contributed by atoms with Crippen LogP contribution in [0.4, 0.5) is 10.2 Å². The van der Waals surface area contributed by atoms with Gasteiger partial charge in [-0.1, -0.05) is 0 Å². The van der Waals surface area contributed by atoms with E-state index >= 15 is 0 Å². The van der Waals surface area contributed by atoms with Crippen molar-refractivity contribution in [1.29, 1.82) is 0 Å². The number of rotatable bonds is 0. The summed E-state index contributed by atoms with van der Waals surface area (Å²) in [5.74, 6) is -0.451. The van der Waals surface area contributed by atoms with Gasteiger partial charge in [0, 0.05) is 0 Å². The third-order valence-corrected chi connectivity index (χ3v) is 1.31. The first-order valence-corrected chi connectivity index (χ1v) is 2.93. The highest BCUT2D eigenvalue weighted by Crippen LogP contribution is 2.11. The molecule has 48 valence electrons. The normalized spacial score (nSPS) is 9.56. The first-order chi connectivity index (χ1) is 4.20. The van der Waals surface area contributed by atoms with Crippen LogP contribution >= 0.6 is 15.9 Å². The molecule has 9 heavy (non-hydrogen) atoms. The molecule has 0 unspecified atom stereocenters. The lowest BCUT2D eigenvalue weighted by Gasteiger charge is -1.92. The van der Waals surface area contributed by atoms with Gasteiger partial charge in [0.1, 0.15) is 0 Å². The van der Waals surface area contributed by atoms with Crippen LogP contribution in [0.1, 0.15) is 0 Å². The molecule has 0 aliphatic carbocycles. The number of nitrogen functional groups attached to an aromatic ring is 1. The summed E-state index contributed by atoms with van der Waals surface area (Å²) < 4.78 is 12.3. The first-order valence-electron chi connectivity index (χ1n) is 2.13. The highest BCUT2D eigenvalue weighted by molar-refractivity contribution is 9.10. The zero-order chi connectivity index (χ0) is 6.85. The van der Waals surface area contributed by atoms with Crippen molar-refractivity contribution in [3.05, 3.63) is 16.7 Å². The highest BCUT2D eigenvalue weighted by Gasteiger charge is 1.97. The lowest BCUT2D eigenvalue weighted by atomic mass is 10.7. The fraction of sp³-hybridized carbons (Fsp3) is 0. The minimum Gasteiger partial charge on any atom is -0.381 e. The van der Waals surface area contributed by atoms with Crippen LogP contribution in [0.3, 0.4) is 0 Å². The van der Waals surface area contributed by atoms with Crippen molar-refractivity contribution in [3.8, 4) is 0 Å². The second-order valence-corrected chi connectivity index (χ2v) is 2.12. The summed E-state index contributed by atoms with van der Waals surface area (Å²) in [6.07, 6.45) is 0.958. The highest BCUT2D eigenvalue weighted by atomic mass is 79.9. The molecule has 1 aromatic heterocycles. The Labute approximate surface area is 59.2 Å². The Kier molecular flexibility index (Phi) is 1.61. The fourth-order valence-electron chi connectivity index (χ4n) is 0.356. The maximum atomic E-state index is 12.1. The van der Waals surface area contributed by atoms with Crippen LogP contribution < -0.4 is 5.73 Å². The van der Waals surface area contributed by atoms with Crippen LogP contribution in [0.15, 0.2) is 10.8 Å². The van der Waals surface area contributed by atoms with Crippen LogP contribution in [0.2, 0.25) is 0 Å². The van der Waals surface area contributed by atoms with E-state index in [1.165, 1.54) is 0 Å². The topological polar surface area (TPSA) is 51.8 Å². The van der Waals surface area contributed by atoms with Gasteiger partial charge in [0.15, 0.2) is 10.4 Å². The lowest BCUT2D eigenvalue weighted by Crippen LogP contribution is -1.95. The van der Waals surface area contributed by atoms with Crippen molar-refractivity contribution in [2.24, 2.45) is 0 Å². The van der Waals surface area contributed by atoms with Gasteiger partial charge in [-0.3, -0.25) is 0 Å². The Morgan fingerprint density at radius 3 is 2.78 bits per heavy atom. The zero-order valence-electron chi connectivity index (χ0n) is 4.31. The molecule has 3 nitrogen and oxygen atoms in total. The van der Waals surface area contributed by atoms with Crippen molar-refractivity contribution in [2.45, 2.75) is 0 Å². The van der Waals surface area contributed by atoms with Gasteiger partial charge in [-0.25, -0.2) is 9.97 Å². The average Bonchev–Trinajstić information content (AvgIpc) is 1.80. The number of aromatic nitrogens is 2. The number of nitrogens with zero attached hydrogens (tertiary/aromatic N) is 2. The van der Waals surface area contributed by atoms with E-state index in [9.17, 15) is 4.39 Å². The van der Waals surface area contributed by atoms with Gasteiger partial charge in [0.2, 0.25) is 5.95 Å². The quantitative estimate of drug-likeness (QED) is 0.665. The molecule has 0 aromatic carbocycles. The Morgan fingerprint density at radius 1 is 1.67 bits per heavy atom. The number of halogens is 2. The standard InChI is InChI=1S/C4H3BrFN3/c5-3-4(7)8-1-2(6)9-3/h1H,(H2,7,8). The third-order valence-electron chi connectivity index (χ3n) is 0.726.